The first-order valence-electron chi connectivity index (χ1n) is 9.01. The largest absolute Gasteiger partial charge is 0.497 e. The molecule has 136 valence electrons. The molecule has 0 spiro atoms. The summed E-state index contributed by atoms with van der Waals surface area (Å²) in [5.74, 6) is 0.478. The lowest BCUT2D eigenvalue weighted by molar-refractivity contribution is 0.0945. The van der Waals surface area contributed by atoms with Crippen LogP contribution in [0, 0.1) is 0 Å². The molecular formula is C19H22N4O3. The van der Waals surface area contributed by atoms with Gasteiger partial charge in [-0.25, -0.2) is 4.98 Å². The lowest BCUT2D eigenvalue weighted by Crippen LogP contribution is -2.27. The third-order valence-electron chi connectivity index (χ3n) is 4.78. The molecule has 2 aliphatic rings. The van der Waals surface area contributed by atoms with Crippen LogP contribution in [0.2, 0.25) is 0 Å². The normalized spacial score (nSPS) is 15.9. The number of rotatable bonds is 5. The Hall–Kier alpha value is -2.83. The topological polar surface area (TPSA) is 85.2 Å². The number of aromatic nitrogens is 2. The van der Waals surface area contributed by atoms with Crippen LogP contribution < -0.4 is 15.4 Å². The lowest BCUT2D eigenvalue weighted by atomic mass is 10.1. The van der Waals surface area contributed by atoms with Crippen molar-refractivity contribution in [2.75, 3.05) is 12.4 Å². The van der Waals surface area contributed by atoms with Crippen LogP contribution in [0.1, 0.15) is 52.5 Å². The Labute approximate surface area is 151 Å². The van der Waals surface area contributed by atoms with Gasteiger partial charge in [0.05, 0.1) is 12.8 Å². The van der Waals surface area contributed by atoms with Crippen molar-refractivity contribution in [3.63, 3.8) is 0 Å². The van der Waals surface area contributed by atoms with Gasteiger partial charge in [-0.05, 0) is 44.2 Å². The van der Waals surface area contributed by atoms with Crippen LogP contribution >= 0.6 is 0 Å². The molecule has 2 heterocycles. The fraction of sp³-hybridized carbons (Fsp3) is 0.421. The summed E-state index contributed by atoms with van der Waals surface area (Å²) < 4.78 is 7.08. The Morgan fingerprint density at radius 2 is 2.08 bits per heavy atom. The first kappa shape index (κ1) is 16.6. The lowest BCUT2D eigenvalue weighted by Gasteiger charge is -2.17. The van der Waals surface area contributed by atoms with E-state index < -0.39 is 0 Å². The van der Waals surface area contributed by atoms with Gasteiger partial charge in [0.15, 0.2) is 5.82 Å². The van der Waals surface area contributed by atoms with E-state index in [-0.39, 0.29) is 17.9 Å². The smallest absolute Gasteiger partial charge is 0.291 e. The fourth-order valence-electron chi connectivity index (χ4n) is 3.27. The maximum Gasteiger partial charge on any atom is 0.291 e. The number of hydrogen-bond donors (Lipinski definition) is 2. The molecule has 0 bridgehead atoms. The second-order valence-corrected chi connectivity index (χ2v) is 6.77. The molecule has 2 amide bonds. The molecule has 26 heavy (non-hydrogen) atoms. The van der Waals surface area contributed by atoms with Crippen LogP contribution in [0.5, 0.6) is 5.75 Å². The monoisotopic (exact) mass is 354 g/mol. The first-order valence-corrected chi connectivity index (χ1v) is 9.01. The van der Waals surface area contributed by atoms with Gasteiger partial charge in [-0.3, -0.25) is 9.59 Å². The number of nitrogens with zero attached hydrogens (tertiary/aromatic N) is 2. The van der Waals surface area contributed by atoms with Crippen LogP contribution in [0.3, 0.4) is 0 Å². The molecule has 1 aliphatic heterocycles. The Kier molecular flexibility index (Phi) is 4.36. The molecule has 7 heteroatoms. The fourth-order valence-corrected chi connectivity index (χ4v) is 3.27. The highest BCUT2D eigenvalue weighted by atomic mass is 16.5. The average molecular weight is 354 g/mol. The zero-order chi connectivity index (χ0) is 18.1. The van der Waals surface area contributed by atoms with E-state index >= 15 is 0 Å². The van der Waals surface area contributed by atoms with E-state index in [4.69, 9.17) is 4.74 Å². The summed E-state index contributed by atoms with van der Waals surface area (Å²) >= 11 is 0. The Morgan fingerprint density at radius 3 is 2.85 bits per heavy atom. The molecule has 0 radical (unpaired) electrons. The van der Waals surface area contributed by atoms with Crippen molar-refractivity contribution in [1.29, 1.82) is 0 Å². The number of amides is 2. The number of carbonyl (C=O) groups excluding carboxylic acids is 2. The van der Waals surface area contributed by atoms with Gasteiger partial charge in [0.1, 0.15) is 11.4 Å². The van der Waals surface area contributed by atoms with E-state index in [1.54, 1.807) is 19.2 Å². The van der Waals surface area contributed by atoms with Gasteiger partial charge >= 0.3 is 0 Å². The summed E-state index contributed by atoms with van der Waals surface area (Å²) in [5.41, 5.74) is 1.89. The van der Waals surface area contributed by atoms with Gasteiger partial charge in [0.25, 0.3) is 11.8 Å². The number of methoxy groups -OCH3 is 1. The minimum atomic E-state index is -0.313. The van der Waals surface area contributed by atoms with Crippen molar-refractivity contribution >= 4 is 17.5 Å². The standard InChI is InChI=1S/C19H22N4O3/c1-26-14-6-4-5-13(11-14)21-19(25)17-22-16(18(24)20-12-8-9-12)15-7-2-3-10-23(15)17/h4-6,11-12H,2-3,7-10H2,1H3,(H,20,24)(H,21,25). The molecule has 1 aromatic heterocycles. The SMILES string of the molecule is COc1cccc(NC(=O)c2nc(C(=O)NC3CC3)c3n2CCCC3)c1. The summed E-state index contributed by atoms with van der Waals surface area (Å²) in [4.78, 5) is 29.7. The number of imidazole rings is 1. The van der Waals surface area contributed by atoms with Crippen LogP contribution in [-0.4, -0.2) is 34.5 Å². The second kappa shape index (κ2) is 6.82. The van der Waals surface area contributed by atoms with Gasteiger partial charge in [-0.1, -0.05) is 6.07 Å². The highest BCUT2D eigenvalue weighted by Gasteiger charge is 2.30. The van der Waals surface area contributed by atoms with Crippen molar-refractivity contribution in [3.8, 4) is 5.75 Å². The predicted molar refractivity (Wildman–Crippen MR) is 96.6 cm³/mol. The summed E-state index contributed by atoms with van der Waals surface area (Å²) in [7, 11) is 1.58. The summed E-state index contributed by atoms with van der Waals surface area (Å²) in [5, 5.41) is 5.83. The average Bonchev–Trinajstić information content (AvgIpc) is 3.38. The molecule has 0 atom stereocenters. The van der Waals surface area contributed by atoms with Crippen molar-refractivity contribution in [3.05, 3.63) is 41.5 Å². The summed E-state index contributed by atoms with van der Waals surface area (Å²) in [6.45, 7) is 0.708. The third kappa shape index (κ3) is 3.29. The number of fused-ring (bicyclic) bond motifs is 1. The highest BCUT2D eigenvalue weighted by molar-refractivity contribution is 6.03. The van der Waals surface area contributed by atoms with Crippen LogP contribution in [0.25, 0.3) is 0 Å². The maximum absolute atomic E-state index is 12.8. The van der Waals surface area contributed by atoms with Crippen LogP contribution in [0.4, 0.5) is 5.69 Å². The van der Waals surface area contributed by atoms with Crippen molar-refractivity contribution < 1.29 is 14.3 Å². The van der Waals surface area contributed by atoms with Gasteiger partial charge < -0.3 is 19.9 Å². The van der Waals surface area contributed by atoms with E-state index in [0.29, 0.717) is 29.5 Å². The number of ether oxygens (including phenoxy) is 1. The minimum Gasteiger partial charge on any atom is -0.497 e. The highest BCUT2D eigenvalue weighted by Crippen LogP contribution is 2.24. The van der Waals surface area contributed by atoms with Gasteiger partial charge in [0.2, 0.25) is 0 Å². The van der Waals surface area contributed by atoms with E-state index in [2.05, 4.69) is 15.6 Å². The van der Waals surface area contributed by atoms with Crippen LogP contribution in [-0.2, 0) is 13.0 Å². The van der Waals surface area contributed by atoms with Crippen molar-refractivity contribution in [2.24, 2.45) is 0 Å². The zero-order valence-electron chi connectivity index (χ0n) is 14.7. The molecule has 1 fully saturated rings. The van der Waals surface area contributed by atoms with E-state index in [1.807, 2.05) is 16.7 Å². The van der Waals surface area contributed by atoms with Crippen molar-refractivity contribution in [2.45, 2.75) is 44.7 Å². The van der Waals surface area contributed by atoms with E-state index in [0.717, 1.165) is 37.8 Å². The molecule has 4 rings (SSSR count). The van der Waals surface area contributed by atoms with Gasteiger partial charge in [-0.2, -0.15) is 0 Å². The summed E-state index contributed by atoms with van der Waals surface area (Å²) in [6, 6.07) is 7.43. The molecule has 2 aromatic rings. The van der Waals surface area contributed by atoms with Crippen LogP contribution in [0.15, 0.2) is 24.3 Å². The Morgan fingerprint density at radius 1 is 1.23 bits per heavy atom. The van der Waals surface area contributed by atoms with E-state index in [9.17, 15) is 9.59 Å². The summed E-state index contributed by atoms with van der Waals surface area (Å²) in [6.07, 6.45) is 4.79. The number of benzene rings is 1. The number of nitrogens with one attached hydrogen (secondary N) is 2. The minimum absolute atomic E-state index is 0.168. The Balaban J connectivity index is 1.61. The molecule has 2 N–H and O–H groups in total. The number of anilines is 1. The van der Waals surface area contributed by atoms with E-state index in [1.165, 1.54) is 0 Å². The number of hydrogen-bond acceptors (Lipinski definition) is 4. The molecule has 1 saturated carbocycles. The molecule has 0 unspecified atom stereocenters. The van der Waals surface area contributed by atoms with Gasteiger partial charge in [-0.15, -0.1) is 0 Å². The first-order chi connectivity index (χ1) is 12.7. The molecule has 7 nitrogen and oxygen atoms in total. The molecular weight excluding hydrogens is 332 g/mol. The van der Waals surface area contributed by atoms with Crippen molar-refractivity contribution in [1.82, 2.24) is 14.9 Å². The molecule has 0 saturated heterocycles. The Bertz CT molecular complexity index is 854. The van der Waals surface area contributed by atoms with Gasteiger partial charge in [0, 0.05) is 24.3 Å². The maximum atomic E-state index is 12.8. The number of carbonyl (C=O) groups is 2. The predicted octanol–water partition coefficient (Wildman–Crippen LogP) is 2.37. The third-order valence-corrected chi connectivity index (χ3v) is 4.78. The zero-order valence-corrected chi connectivity index (χ0v) is 14.7. The quantitative estimate of drug-likeness (QED) is 0.863. The molecule has 1 aliphatic carbocycles. The second-order valence-electron chi connectivity index (χ2n) is 6.77. The molecule has 1 aromatic carbocycles.